The lowest BCUT2D eigenvalue weighted by atomic mass is 10.0. The Morgan fingerprint density at radius 2 is 2.05 bits per heavy atom. The van der Waals surface area contributed by atoms with Gasteiger partial charge in [0, 0.05) is 22.1 Å². The van der Waals surface area contributed by atoms with Crippen LogP contribution in [0.5, 0.6) is 0 Å². The number of halogens is 1. The van der Waals surface area contributed by atoms with Gasteiger partial charge >= 0.3 is 5.97 Å². The average Bonchev–Trinajstić information content (AvgIpc) is 2.53. The first-order valence-corrected chi connectivity index (χ1v) is 7.43. The van der Waals surface area contributed by atoms with Crippen LogP contribution in [-0.2, 0) is 17.7 Å². The largest absolute Gasteiger partial charge is 0.464 e. The predicted octanol–water partition coefficient (Wildman–Crippen LogP) is 2.34. The molecule has 5 nitrogen and oxygen atoms in total. The molecule has 1 aromatic heterocycles. The molecule has 21 heavy (non-hydrogen) atoms. The van der Waals surface area contributed by atoms with Crippen molar-refractivity contribution in [2.45, 2.75) is 13.0 Å². The second kappa shape index (κ2) is 5.91. The SMILES string of the molecule is COC(=O)c1nc(-c2ccc(Br)cc2)nc2c1CCNC2. The lowest BCUT2D eigenvalue weighted by Crippen LogP contribution is -2.28. The minimum Gasteiger partial charge on any atom is -0.464 e. The summed E-state index contributed by atoms with van der Waals surface area (Å²) in [6, 6.07) is 7.69. The summed E-state index contributed by atoms with van der Waals surface area (Å²) in [5, 5.41) is 3.26. The van der Waals surface area contributed by atoms with Gasteiger partial charge in [-0.1, -0.05) is 28.1 Å². The topological polar surface area (TPSA) is 64.1 Å². The molecule has 3 rings (SSSR count). The summed E-state index contributed by atoms with van der Waals surface area (Å²) in [6.45, 7) is 1.46. The first kappa shape index (κ1) is 14.2. The number of carbonyl (C=O) groups excluding carboxylic acids is 1. The molecular formula is C15H14BrN3O2. The number of hydrogen-bond donors (Lipinski definition) is 1. The molecule has 0 atom stereocenters. The van der Waals surface area contributed by atoms with Gasteiger partial charge in [0.05, 0.1) is 12.8 Å². The van der Waals surface area contributed by atoms with E-state index in [1.165, 1.54) is 7.11 Å². The molecular weight excluding hydrogens is 334 g/mol. The lowest BCUT2D eigenvalue weighted by Gasteiger charge is -2.19. The molecule has 0 aliphatic carbocycles. The monoisotopic (exact) mass is 347 g/mol. The van der Waals surface area contributed by atoms with E-state index < -0.39 is 5.97 Å². The first-order chi connectivity index (χ1) is 10.2. The highest BCUT2D eigenvalue weighted by atomic mass is 79.9. The van der Waals surface area contributed by atoms with Crippen LogP contribution in [0.3, 0.4) is 0 Å². The maximum Gasteiger partial charge on any atom is 0.357 e. The number of carbonyl (C=O) groups is 1. The maximum absolute atomic E-state index is 12.0. The smallest absolute Gasteiger partial charge is 0.357 e. The van der Waals surface area contributed by atoms with Crippen molar-refractivity contribution >= 4 is 21.9 Å². The number of ether oxygens (including phenoxy) is 1. The van der Waals surface area contributed by atoms with Crippen LogP contribution in [0.15, 0.2) is 28.7 Å². The number of nitrogens with one attached hydrogen (secondary N) is 1. The quantitative estimate of drug-likeness (QED) is 0.844. The van der Waals surface area contributed by atoms with E-state index in [0.29, 0.717) is 18.1 Å². The van der Waals surface area contributed by atoms with E-state index in [4.69, 9.17) is 4.74 Å². The standard InChI is InChI=1S/C15H14BrN3O2/c1-21-15(20)13-11-6-7-17-8-12(11)18-14(19-13)9-2-4-10(16)5-3-9/h2-5,17H,6-8H2,1H3. The molecule has 1 N–H and O–H groups in total. The summed E-state index contributed by atoms with van der Waals surface area (Å²) >= 11 is 3.40. The van der Waals surface area contributed by atoms with Crippen molar-refractivity contribution < 1.29 is 9.53 Å². The summed E-state index contributed by atoms with van der Waals surface area (Å²) in [5.41, 5.74) is 3.01. The summed E-state index contributed by atoms with van der Waals surface area (Å²) in [4.78, 5) is 21.0. The molecule has 6 heteroatoms. The van der Waals surface area contributed by atoms with Gasteiger partial charge in [-0.3, -0.25) is 0 Å². The minimum atomic E-state index is -0.408. The summed E-state index contributed by atoms with van der Waals surface area (Å²) in [7, 11) is 1.37. The molecule has 2 aromatic rings. The van der Waals surface area contributed by atoms with E-state index in [1.54, 1.807) is 0 Å². The Morgan fingerprint density at radius 1 is 1.29 bits per heavy atom. The third-order valence-electron chi connectivity index (χ3n) is 3.42. The Balaban J connectivity index is 2.13. The zero-order chi connectivity index (χ0) is 14.8. The van der Waals surface area contributed by atoms with Crippen LogP contribution in [0.25, 0.3) is 11.4 Å². The lowest BCUT2D eigenvalue weighted by molar-refractivity contribution is 0.0592. The molecule has 0 amide bonds. The van der Waals surface area contributed by atoms with Crippen molar-refractivity contribution in [3.8, 4) is 11.4 Å². The van der Waals surface area contributed by atoms with Crippen molar-refractivity contribution in [3.63, 3.8) is 0 Å². The maximum atomic E-state index is 12.0. The molecule has 0 unspecified atom stereocenters. The number of aromatic nitrogens is 2. The molecule has 0 spiro atoms. The third kappa shape index (κ3) is 2.82. The Morgan fingerprint density at radius 3 is 2.76 bits per heavy atom. The fourth-order valence-electron chi connectivity index (χ4n) is 2.35. The van der Waals surface area contributed by atoms with Crippen LogP contribution in [0.4, 0.5) is 0 Å². The summed E-state index contributed by atoms with van der Waals surface area (Å²) in [5.74, 6) is 0.138. The van der Waals surface area contributed by atoms with Crippen molar-refractivity contribution in [2.24, 2.45) is 0 Å². The zero-order valence-corrected chi connectivity index (χ0v) is 13.1. The van der Waals surface area contributed by atoms with E-state index in [1.807, 2.05) is 24.3 Å². The normalized spacial score (nSPS) is 13.6. The second-order valence-corrected chi connectivity index (χ2v) is 5.66. The Hall–Kier alpha value is -1.79. The number of hydrogen-bond acceptors (Lipinski definition) is 5. The van der Waals surface area contributed by atoms with Crippen LogP contribution >= 0.6 is 15.9 Å². The molecule has 0 fully saturated rings. The highest BCUT2D eigenvalue weighted by Crippen LogP contribution is 2.23. The zero-order valence-electron chi connectivity index (χ0n) is 11.5. The molecule has 1 aromatic carbocycles. The van der Waals surface area contributed by atoms with Crippen LogP contribution in [0.1, 0.15) is 21.7 Å². The van der Waals surface area contributed by atoms with Gasteiger partial charge in [0.2, 0.25) is 0 Å². The summed E-state index contributed by atoms with van der Waals surface area (Å²) in [6.07, 6.45) is 0.736. The average molecular weight is 348 g/mol. The van der Waals surface area contributed by atoms with Crippen molar-refractivity contribution in [1.82, 2.24) is 15.3 Å². The van der Waals surface area contributed by atoms with Crippen LogP contribution < -0.4 is 5.32 Å². The molecule has 2 heterocycles. The van der Waals surface area contributed by atoms with E-state index in [0.717, 1.165) is 34.3 Å². The first-order valence-electron chi connectivity index (χ1n) is 6.64. The highest BCUT2D eigenvalue weighted by molar-refractivity contribution is 9.10. The van der Waals surface area contributed by atoms with E-state index >= 15 is 0 Å². The molecule has 1 aliphatic rings. The van der Waals surface area contributed by atoms with Crippen LogP contribution in [0, 0.1) is 0 Å². The van der Waals surface area contributed by atoms with Gasteiger partial charge < -0.3 is 10.1 Å². The Bertz CT molecular complexity index is 686. The molecule has 108 valence electrons. The third-order valence-corrected chi connectivity index (χ3v) is 3.95. The van der Waals surface area contributed by atoms with Gasteiger partial charge in [0.25, 0.3) is 0 Å². The van der Waals surface area contributed by atoms with E-state index in [2.05, 4.69) is 31.2 Å². The predicted molar refractivity (Wildman–Crippen MR) is 81.9 cm³/mol. The highest BCUT2D eigenvalue weighted by Gasteiger charge is 2.22. The van der Waals surface area contributed by atoms with Gasteiger partial charge in [-0.05, 0) is 25.1 Å². The fourth-order valence-corrected chi connectivity index (χ4v) is 2.62. The molecule has 0 bridgehead atoms. The second-order valence-electron chi connectivity index (χ2n) is 4.75. The fraction of sp³-hybridized carbons (Fsp3) is 0.267. The number of rotatable bonds is 2. The van der Waals surface area contributed by atoms with E-state index in [9.17, 15) is 4.79 Å². The number of benzene rings is 1. The van der Waals surface area contributed by atoms with Gasteiger partial charge in [0.1, 0.15) is 0 Å². The number of methoxy groups -OCH3 is 1. The molecule has 0 radical (unpaired) electrons. The van der Waals surface area contributed by atoms with Crippen LogP contribution in [0.2, 0.25) is 0 Å². The molecule has 0 saturated carbocycles. The van der Waals surface area contributed by atoms with Gasteiger partial charge in [-0.2, -0.15) is 0 Å². The van der Waals surface area contributed by atoms with Crippen molar-refractivity contribution in [3.05, 3.63) is 45.7 Å². The molecule has 0 saturated heterocycles. The van der Waals surface area contributed by atoms with Gasteiger partial charge in [0.15, 0.2) is 11.5 Å². The van der Waals surface area contributed by atoms with Crippen LogP contribution in [-0.4, -0.2) is 29.6 Å². The van der Waals surface area contributed by atoms with Crippen molar-refractivity contribution in [1.29, 1.82) is 0 Å². The Labute approximate surface area is 130 Å². The number of esters is 1. The molecule has 1 aliphatic heterocycles. The van der Waals surface area contributed by atoms with E-state index in [-0.39, 0.29) is 0 Å². The van der Waals surface area contributed by atoms with Crippen molar-refractivity contribution in [2.75, 3.05) is 13.7 Å². The summed E-state index contributed by atoms with van der Waals surface area (Å²) < 4.78 is 5.84. The number of fused-ring (bicyclic) bond motifs is 1. The minimum absolute atomic E-state index is 0.377. The van der Waals surface area contributed by atoms with Gasteiger partial charge in [-0.25, -0.2) is 14.8 Å². The Kier molecular flexibility index (Phi) is 3.98. The number of nitrogens with zero attached hydrogens (tertiary/aromatic N) is 2. The van der Waals surface area contributed by atoms with Gasteiger partial charge in [-0.15, -0.1) is 0 Å².